The first-order valence-electron chi connectivity index (χ1n) is 9.36. The van der Waals surface area contributed by atoms with E-state index < -0.39 is 11.7 Å². The average Bonchev–Trinajstić information content (AvgIpc) is 3.03. The van der Waals surface area contributed by atoms with Crippen molar-refractivity contribution >= 4 is 23.3 Å². The summed E-state index contributed by atoms with van der Waals surface area (Å²) in [6, 6.07) is 0. The Morgan fingerprint density at radius 3 is 2.52 bits per heavy atom. The molecule has 0 spiro atoms. The Kier molecular flexibility index (Phi) is 7.61. The number of hydrogen-bond acceptors (Lipinski definition) is 6. The fourth-order valence-electron chi connectivity index (χ4n) is 2.96. The maximum atomic E-state index is 12.7. The molecule has 0 saturated carbocycles. The van der Waals surface area contributed by atoms with Crippen LogP contribution in [0.1, 0.15) is 49.4 Å². The number of ether oxygens (including phenoxy) is 2. The summed E-state index contributed by atoms with van der Waals surface area (Å²) in [6.07, 6.45) is 3.24. The van der Waals surface area contributed by atoms with Crippen LogP contribution in [0.3, 0.4) is 0 Å². The number of piperidine rings is 1. The van der Waals surface area contributed by atoms with E-state index in [-0.39, 0.29) is 12.5 Å². The lowest BCUT2D eigenvalue weighted by Gasteiger charge is -2.33. The third-order valence-electron chi connectivity index (χ3n) is 4.38. The van der Waals surface area contributed by atoms with Crippen LogP contribution in [0.15, 0.2) is 6.20 Å². The van der Waals surface area contributed by atoms with Crippen LogP contribution in [0, 0.1) is 6.92 Å². The lowest BCUT2D eigenvalue weighted by atomic mass is 9.97. The molecule has 0 aromatic carbocycles. The first-order valence-corrected chi connectivity index (χ1v) is 10.2. The minimum Gasteiger partial charge on any atom is -0.444 e. The van der Waals surface area contributed by atoms with Gasteiger partial charge in [-0.1, -0.05) is 0 Å². The second-order valence-corrected chi connectivity index (χ2v) is 9.13. The van der Waals surface area contributed by atoms with E-state index in [1.165, 1.54) is 9.78 Å². The molecule has 1 aliphatic rings. The van der Waals surface area contributed by atoms with Crippen molar-refractivity contribution in [3.8, 4) is 0 Å². The van der Waals surface area contributed by atoms with Gasteiger partial charge in [-0.3, -0.25) is 9.69 Å². The Labute approximate surface area is 165 Å². The highest BCUT2D eigenvalue weighted by atomic mass is 32.1. The molecule has 27 heavy (non-hydrogen) atoms. The maximum Gasteiger partial charge on any atom is 0.410 e. The minimum absolute atomic E-state index is 0.0132. The Bertz CT molecular complexity index is 633. The van der Waals surface area contributed by atoms with Crippen molar-refractivity contribution in [1.82, 2.24) is 14.8 Å². The van der Waals surface area contributed by atoms with Crippen molar-refractivity contribution in [2.75, 3.05) is 39.9 Å². The van der Waals surface area contributed by atoms with Gasteiger partial charge in [0, 0.05) is 43.7 Å². The van der Waals surface area contributed by atoms with Gasteiger partial charge in [0.25, 0.3) is 0 Å². The van der Waals surface area contributed by atoms with Gasteiger partial charge in [-0.2, -0.15) is 0 Å². The van der Waals surface area contributed by atoms with E-state index in [1.54, 1.807) is 18.4 Å². The number of likely N-dealkylation sites (tertiary alicyclic amines) is 1. The van der Waals surface area contributed by atoms with Crippen LogP contribution >= 0.6 is 11.3 Å². The van der Waals surface area contributed by atoms with Gasteiger partial charge in [0.2, 0.25) is 5.91 Å². The van der Waals surface area contributed by atoms with E-state index in [9.17, 15) is 9.59 Å². The van der Waals surface area contributed by atoms with Crippen molar-refractivity contribution in [3.63, 3.8) is 0 Å². The molecule has 0 N–H and O–H groups in total. The summed E-state index contributed by atoms with van der Waals surface area (Å²) in [5.41, 5.74) is -0.602. The molecule has 1 fully saturated rings. The molecule has 2 heterocycles. The van der Waals surface area contributed by atoms with Crippen molar-refractivity contribution in [2.24, 2.45) is 0 Å². The predicted molar refractivity (Wildman–Crippen MR) is 105 cm³/mol. The van der Waals surface area contributed by atoms with Gasteiger partial charge in [-0.15, -0.1) is 11.3 Å². The summed E-state index contributed by atoms with van der Waals surface area (Å²) in [6.45, 7) is 9.57. The number of aromatic nitrogens is 1. The second-order valence-electron chi connectivity index (χ2n) is 7.86. The molecule has 1 saturated heterocycles. The zero-order valence-corrected chi connectivity index (χ0v) is 17.8. The van der Waals surface area contributed by atoms with Gasteiger partial charge in [-0.05, 0) is 40.5 Å². The molecule has 0 bridgehead atoms. The molecular formula is C19H31N3O4S. The smallest absolute Gasteiger partial charge is 0.410 e. The number of methoxy groups -OCH3 is 1. The molecule has 0 atom stereocenters. The Balaban J connectivity index is 1.90. The van der Waals surface area contributed by atoms with Crippen LogP contribution in [0.25, 0.3) is 0 Å². The number of carbonyl (C=O) groups excluding carboxylic acids is 2. The summed E-state index contributed by atoms with van der Waals surface area (Å²) < 4.78 is 10.5. The average molecular weight is 398 g/mol. The van der Waals surface area contributed by atoms with Crippen LogP contribution in [-0.2, 0) is 14.3 Å². The van der Waals surface area contributed by atoms with E-state index in [1.807, 2.05) is 31.9 Å². The molecule has 152 valence electrons. The van der Waals surface area contributed by atoms with E-state index in [0.29, 0.717) is 32.2 Å². The number of rotatable bonds is 6. The molecule has 0 radical (unpaired) electrons. The highest BCUT2D eigenvalue weighted by molar-refractivity contribution is 7.11. The standard InChI is InChI=1S/C19H31N3O4S/c1-14-12-20-17(27-14)15-6-8-21(9-7-15)16(23)13-22(10-11-25-5)18(24)26-19(2,3)4/h12,15H,6-11,13H2,1-5H3. The highest BCUT2D eigenvalue weighted by Gasteiger charge is 2.29. The first kappa shape index (κ1) is 21.6. The van der Waals surface area contributed by atoms with Crippen LogP contribution in [0.2, 0.25) is 0 Å². The largest absolute Gasteiger partial charge is 0.444 e. The van der Waals surface area contributed by atoms with E-state index in [0.717, 1.165) is 17.8 Å². The van der Waals surface area contributed by atoms with Gasteiger partial charge in [-0.25, -0.2) is 9.78 Å². The topological polar surface area (TPSA) is 72.0 Å². The lowest BCUT2D eigenvalue weighted by molar-refractivity contribution is -0.133. The third-order valence-corrected chi connectivity index (χ3v) is 5.45. The van der Waals surface area contributed by atoms with Crippen molar-refractivity contribution in [3.05, 3.63) is 16.1 Å². The SMILES string of the molecule is COCCN(CC(=O)N1CCC(c2ncc(C)s2)CC1)C(=O)OC(C)(C)C. The molecule has 7 nitrogen and oxygen atoms in total. The number of aryl methyl sites for hydroxylation is 1. The van der Waals surface area contributed by atoms with Crippen molar-refractivity contribution in [2.45, 2.75) is 52.1 Å². The summed E-state index contributed by atoms with van der Waals surface area (Å²) >= 11 is 1.73. The fraction of sp³-hybridized carbons (Fsp3) is 0.737. The van der Waals surface area contributed by atoms with E-state index in [4.69, 9.17) is 9.47 Å². The molecule has 0 unspecified atom stereocenters. The van der Waals surface area contributed by atoms with E-state index in [2.05, 4.69) is 11.9 Å². The number of thiazole rings is 1. The maximum absolute atomic E-state index is 12.7. The molecule has 2 rings (SSSR count). The molecule has 1 aromatic heterocycles. The summed E-state index contributed by atoms with van der Waals surface area (Å²) in [5.74, 6) is 0.369. The third kappa shape index (κ3) is 6.77. The van der Waals surface area contributed by atoms with Crippen LogP contribution in [-0.4, -0.2) is 72.3 Å². The Hall–Kier alpha value is -1.67. The van der Waals surface area contributed by atoms with Crippen molar-refractivity contribution < 1.29 is 19.1 Å². The fourth-order valence-corrected chi connectivity index (χ4v) is 3.91. The van der Waals surface area contributed by atoms with Gasteiger partial charge < -0.3 is 14.4 Å². The van der Waals surface area contributed by atoms with Gasteiger partial charge in [0.05, 0.1) is 11.6 Å². The Morgan fingerprint density at radius 2 is 2.00 bits per heavy atom. The van der Waals surface area contributed by atoms with Gasteiger partial charge in [0.1, 0.15) is 12.1 Å². The Morgan fingerprint density at radius 1 is 1.33 bits per heavy atom. The van der Waals surface area contributed by atoms with Gasteiger partial charge in [0.15, 0.2) is 0 Å². The molecule has 1 aromatic rings. The summed E-state index contributed by atoms with van der Waals surface area (Å²) in [7, 11) is 1.57. The van der Waals surface area contributed by atoms with Gasteiger partial charge >= 0.3 is 6.09 Å². The zero-order chi connectivity index (χ0) is 20.0. The molecule has 8 heteroatoms. The molecule has 1 aliphatic heterocycles. The van der Waals surface area contributed by atoms with Crippen LogP contribution < -0.4 is 0 Å². The molecular weight excluding hydrogens is 366 g/mol. The molecule has 0 aliphatic carbocycles. The number of nitrogens with zero attached hydrogens (tertiary/aromatic N) is 3. The summed E-state index contributed by atoms with van der Waals surface area (Å²) in [4.78, 5) is 34.1. The number of hydrogen-bond donors (Lipinski definition) is 0. The quantitative estimate of drug-likeness (QED) is 0.738. The minimum atomic E-state index is -0.602. The van der Waals surface area contributed by atoms with Crippen LogP contribution in [0.5, 0.6) is 0 Å². The predicted octanol–water partition coefficient (Wildman–Crippen LogP) is 3.04. The van der Waals surface area contributed by atoms with E-state index >= 15 is 0 Å². The monoisotopic (exact) mass is 397 g/mol. The number of amides is 2. The first-order chi connectivity index (χ1) is 12.7. The second kappa shape index (κ2) is 9.50. The lowest BCUT2D eigenvalue weighted by Crippen LogP contribution is -2.47. The highest BCUT2D eigenvalue weighted by Crippen LogP contribution is 2.30. The molecule has 2 amide bonds. The van der Waals surface area contributed by atoms with Crippen molar-refractivity contribution in [1.29, 1.82) is 0 Å². The normalized spacial score (nSPS) is 15.7. The summed E-state index contributed by atoms with van der Waals surface area (Å²) in [5, 5.41) is 1.16. The van der Waals surface area contributed by atoms with Crippen LogP contribution in [0.4, 0.5) is 4.79 Å². The zero-order valence-electron chi connectivity index (χ0n) is 17.0. The number of carbonyl (C=O) groups is 2.